The first-order valence-electron chi connectivity index (χ1n) is 8.63. The molecule has 0 aromatic carbocycles. The maximum absolute atomic E-state index is 2.58. The molecule has 0 bridgehead atoms. The monoisotopic (exact) mass is 262 g/mol. The van der Waals surface area contributed by atoms with Gasteiger partial charge >= 0.3 is 0 Å². The van der Waals surface area contributed by atoms with Crippen LogP contribution >= 0.6 is 0 Å². The van der Waals surface area contributed by atoms with Crippen LogP contribution in [0.1, 0.15) is 79.1 Å². The number of allylic oxidation sites excluding steroid dienone is 2. The van der Waals surface area contributed by atoms with E-state index < -0.39 is 0 Å². The third-order valence-electron chi connectivity index (χ3n) is 5.71. The number of hydrogen-bond donors (Lipinski definition) is 0. The highest BCUT2D eigenvalue weighted by Gasteiger charge is 2.28. The van der Waals surface area contributed by atoms with Crippen molar-refractivity contribution in [3.8, 4) is 0 Å². The maximum Gasteiger partial charge on any atom is -0.0233 e. The molecule has 0 spiro atoms. The molecule has 0 heteroatoms. The van der Waals surface area contributed by atoms with Crippen molar-refractivity contribution in [1.82, 2.24) is 0 Å². The largest absolute Gasteiger partial charge is 0.0851 e. The summed E-state index contributed by atoms with van der Waals surface area (Å²) in [5.74, 6) is 3.72. The van der Waals surface area contributed by atoms with Gasteiger partial charge in [0.05, 0.1) is 0 Å². The van der Waals surface area contributed by atoms with Gasteiger partial charge in [-0.2, -0.15) is 0 Å². The molecule has 2 saturated carbocycles. The van der Waals surface area contributed by atoms with Crippen LogP contribution in [-0.4, -0.2) is 0 Å². The molecule has 2 aliphatic rings. The minimum Gasteiger partial charge on any atom is -0.0851 e. The Morgan fingerprint density at radius 3 is 1.53 bits per heavy atom. The Labute approximate surface area is 121 Å². The third-order valence-corrected chi connectivity index (χ3v) is 5.71. The van der Waals surface area contributed by atoms with Crippen LogP contribution < -0.4 is 0 Å². The molecule has 0 aromatic heterocycles. The SMILES string of the molecule is CC1CCC(/C=C/C2CCC(C(C)(C)C)CC2)CC1. The van der Waals surface area contributed by atoms with E-state index in [1.807, 2.05) is 0 Å². The minimum atomic E-state index is 0.522. The zero-order valence-corrected chi connectivity index (χ0v) is 13.6. The lowest BCUT2D eigenvalue weighted by Gasteiger charge is -2.36. The van der Waals surface area contributed by atoms with Gasteiger partial charge in [-0.3, -0.25) is 0 Å². The second kappa shape index (κ2) is 6.46. The fourth-order valence-corrected chi connectivity index (χ4v) is 3.97. The lowest BCUT2D eigenvalue weighted by Crippen LogP contribution is -2.25. The molecular weight excluding hydrogens is 228 g/mol. The van der Waals surface area contributed by atoms with Gasteiger partial charge in [-0.05, 0) is 67.6 Å². The molecule has 2 fully saturated rings. The van der Waals surface area contributed by atoms with Crippen molar-refractivity contribution >= 4 is 0 Å². The summed E-state index contributed by atoms with van der Waals surface area (Å²) in [7, 11) is 0. The average molecular weight is 262 g/mol. The highest BCUT2D eigenvalue weighted by molar-refractivity contribution is 4.96. The fraction of sp³-hybridized carbons (Fsp3) is 0.895. The van der Waals surface area contributed by atoms with Gasteiger partial charge in [0.1, 0.15) is 0 Å². The summed E-state index contributed by atoms with van der Waals surface area (Å²) in [6.07, 6.45) is 16.7. The Balaban J connectivity index is 1.73. The summed E-state index contributed by atoms with van der Waals surface area (Å²) in [6.45, 7) is 9.65. The normalized spacial score (nSPS) is 37.7. The Morgan fingerprint density at radius 1 is 0.684 bits per heavy atom. The first kappa shape index (κ1) is 15.1. The second-order valence-electron chi connectivity index (χ2n) is 8.38. The van der Waals surface area contributed by atoms with E-state index in [9.17, 15) is 0 Å². The second-order valence-corrected chi connectivity index (χ2v) is 8.38. The zero-order chi connectivity index (χ0) is 13.9. The molecule has 0 aromatic rings. The molecule has 0 nitrogen and oxygen atoms in total. The molecule has 2 rings (SSSR count). The van der Waals surface area contributed by atoms with Crippen LogP contribution in [0.2, 0.25) is 0 Å². The molecule has 0 saturated heterocycles. The van der Waals surface area contributed by atoms with Crippen molar-refractivity contribution in [2.75, 3.05) is 0 Å². The van der Waals surface area contributed by atoms with E-state index in [0.717, 1.165) is 23.7 Å². The lowest BCUT2D eigenvalue weighted by atomic mass is 9.69. The topological polar surface area (TPSA) is 0 Å². The van der Waals surface area contributed by atoms with Gasteiger partial charge in [-0.1, -0.05) is 52.7 Å². The molecule has 0 amide bonds. The summed E-state index contributed by atoms with van der Waals surface area (Å²) < 4.78 is 0. The van der Waals surface area contributed by atoms with Crippen molar-refractivity contribution in [1.29, 1.82) is 0 Å². The predicted octanol–water partition coefficient (Wildman–Crippen LogP) is 6.22. The Bertz CT molecular complexity index is 278. The van der Waals surface area contributed by atoms with Crippen LogP contribution in [0.4, 0.5) is 0 Å². The Morgan fingerprint density at radius 2 is 1.11 bits per heavy atom. The first-order valence-corrected chi connectivity index (χ1v) is 8.63. The summed E-state index contributed by atoms with van der Waals surface area (Å²) in [5, 5.41) is 0. The first-order chi connectivity index (χ1) is 8.95. The number of hydrogen-bond acceptors (Lipinski definition) is 0. The average Bonchev–Trinajstić information content (AvgIpc) is 2.37. The van der Waals surface area contributed by atoms with E-state index in [2.05, 4.69) is 39.8 Å². The molecule has 0 aliphatic heterocycles. The van der Waals surface area contributed by atoms with E-state index >= 15 is 0 Å². The molecule has 0 unspecified atom stereocenters. The van der Waals surface area contributed by atoms with Gasteiger partial charge in [-0.15, -0.1) is 0 Å². The summed E-state index contributed by atoms with van der Waals surface area (Å²) >= 11 is 0. The third kappa shape index (κ3) is 4.65. The van der Waals surface area contributed by atoms with Gasteiger partial charge in [0.2, 0.25) is 0 Å². The van der Waals surface area contributed by atoms with Gasteiger partial charge in [0, 0.05) is 0 Å². The van der Waals surface area contributed by atoms with Crippen molar-refractivity contribution in [3.05, 3.63) is 12.2 Å². The van der Waals surface area contributed by atoms with E-state index in [4.69, 9.17) is 0 Å². The van der Waals surface area contributed by atoms with Crippen LogP contribution in [0, 0.1) is 29.1 Å². The van der Waals surface area contributed by atoms with Gasteiger partial charge < -0.3 is 0 Å². The van der Waals surface area contributed by atoms with E-state index in [0.29, 0.717) is 5.41 Å². The predicted molar refractivity (Wildman–Crippen MR) is 85.2 cm³/mol. The molecule has 0 N–H and O–H groups in total. The van der Waals surface area contributed by atoms with Crippen LogP contribution in [0.5, 0.6) is 0 Å². The number of rotatable bonds is 2. The van der Waals surface area contributed by atoms with Crippen molar-refractivity contribution in [2.45, 2.75) is 79.1 Å². The zero-order valence-electron chi connectivity index (χ0n) is 13.6. The van der Waals surface area contributed by atoms with E-state index in [1.54, 1.807) is 0 Å². The molecule has 19 heavy (non-hydrogen) atoms. The summed E-state index contributed by atoms with van der Waals surface area (Å²) in [4.78, 5) is 0. The molecule has 110 valence electrons. The van der Waals surface area contributed by atoms with Gasteiger partial charge in [0.25, 0.3) is 0 Å². The molecule has 0 heterocycles. The lowest BCUT2D eigenvalue weighted by molar-refractivity contribution is 0.162. The van der Waals surface area contributed by atoms with E-state index in [1.165, 1.54) is 51.4 Å². The summed E-state index contributed by atoms with van der Waals surface area (Å²) in [5.41, 5.74) is 0.522. The van der Waals surface area contributed by atoms with Crippen molar-refractivity contribution in [2.24, 2.45) is 29.1 Å². The van der Waals surface area contributed by atoms with Crippen LogP contribution in [0.15, 0.2) is 12.2 Å². The quantitative estimate of drug-likeness (QED) is 0.518. The van der Waals surface area contributed by atoms with Crippen LogP contribution in [0.25, 0.3) is 0 Å². The molecule has 0 radical (unpaired) electrons. The highest BCUT2D eigenvalue weighted by atomic mass is 14.3. The van der Waals surface area contributed by atoms with Crippen LogP contribution in [0.3, 0.4) is 0 Å². The van der Waals surface area contributed by atoms with E-state index in [-0.39, 0.29) is 0 Å². The minimum absolute atomic E-state index is 0.522. The maximum atomic E-state index is 2.58. The molecular formula is C19H34. The fourth-order valence-electron chi connectivity index (χ4n) is 3.97. The van der Waals surface area contributed by atoms with Crippen molar-refractivity contribution < 1.29 is 0 Å². The standard InChI is InChI=1S/C19H34/c1-15-5-7-16(8-6-15)9-10-17-11-13-18(14-12-17)19(2,3)4/h9-10,15-18H,5-8,11-14H2,1-4H3/b10-9+. The molecule has 2 aliphatic carbocycles. The smallest absolute Gasteiger partial charge is 0.0233 e. The Kier molecular flexibility index (Phi) is 5.15. The van der Waals surface area contributed by atoms with Crippen LogP contribution in [-0.2, 0) is 0 Å². The van der Waals surface area contributed by atoms with Gasteiger partial charge in [0.15, 0.2) is 0 Å². The summed E-state index contributed by atoms with van der Waals surface area (Å²) in [6, 6.07) is 0. The highest BCUT2D eigenvalue weighted by Crippen LogP contribution is 2.40. The van der Waals surface area contributed by atoms with Crippen molar-refractivity contribution in [3.63, 3.8) is 0 Å². The molecule has 0 atom stereocenters. The van der Waals surface area contributed by atoms with Gasteiger partial charge in [-0.25, -0.2) is 0 Å². The Hall–Kier alpha value is -0.260.